The first kappa shape index (κ1) is 18.4. The second-order valence-electron chi connectivity index (χ2n) is 6.89. The van der Waals surface area contributed by atoms with Gasteiger partial charge in [0.05, 0.1) is 23.8 Å². The maximum absolute atomic E-state index is 11.1. The predicted molar refractivity (Wildman–Crippen MR) is 104 cm³/mol. The van der Waals surface area contributed by atoms with Crippen LogP contribution in [-0.2, 0) is 4.79 Å². The Morgan fingerprint density at radius 2 is 1.82 bits per heavy atom. The van der Waals surface area contributed by atoms with E-state index in [0.717, 1.165) is 31.9 Å². The van der Waals surface area contributed by atoms with Crippen LogP contribution in [0, 0.1) is 0 Å². The van der Waals surface area contributed by atoms with Gasteiger partial charge in [0.2, 0.25) is 11.9 Å². The lowest BCUT2D eigenvalue weighted by atomic mass is 10.1. The number of rotatable bonds is 4. The minimum atomic E-state index is -0.133. The van der Waals surface area contributed by atoms with Gasteiger partial charge in [0.1, 0.15) is 13.2 Å². The first-order valence-electron chi connectivity index (χ1n) is 9.45. The number of amides is 1. The van der Waals surface area contributed by atoms with Crippen LogP contribution in [0.5, 0.6) is 11.6 Å². The molecule has 0 bridgehead atoms. The zero-order valence-corrected chi connectivity index (χ0v) is 16.1. The van der Waals surface area contributed by atoms with Gasteiger partial charge < -0.3 is 19.7 Å². The van der Waals surface area contributed by atoms with Crippen molar-refractivity contribution < 1.29 is 14.3 Å². The van der Waals surface area contributed by atoms with Crippen molar-refractivity contribution in [3.63, 3.8) is 0 Å². The minimum Gasteiger partial charge on any atom is -0.484 e. The molecular formula is C19H24N6O3. The van der Waals surface area contributed by atoms with E-state index in [1.165, 1.54) is 6.92 Å². The smallest absolute Gasteiger partial charge is 0.257 e. The van der Waals surface area contributed by atoms with Gasteiger partial charge in [-0.1, -0.05) is 0 Å². The summed E-state index contributed by atoms with van der Waals surface area (Å²) in [4.78, 5) is 29.0. The van der Waals surface area contributed by atoms with Crippen LogP contribution >= 0.6 is 0 Å². The maximum Gasteiger partial charge on any atom is 0.257 e. The Morgan fingerprint density at radius 1 is 1.11 bits per heavy atom. The van der Waals surface area contributed by atoms with E-state index in [2.05, 4.69) is 37.0 Å². The topological polar surface area (TPSA) is 92.7 Å². The van der Waals surface area contributed by atoms with Gasteiger partial charge in [0.15, 0.2) is 5.75 Å². The summed E-state index contributed by atoms with van der Waals surface area (Å²) in [6.45, 7) is 8.15. The summed E-state index contributed by atoms with van der Waals surface area (Å²) in [7, 11) is 0. The molecule has 0 spiro atoms. The average Bonchev–Trinajstić information content (AvgIpc) is 2.73. The molecule has 148 valence electrons. The number of hydrogen-bond acceptors (Lipinski definition) is 8. The molecule has 1 atom stereocenters. The molecule has 1 saturated heterocycles. The molecule has 0 unspecified atom stereocenters. The molecule has 1 fully saturated rings. The average molecular weight is 384 g/mol. The van der Waals surface area contributed by atoms with E-state index in [4.69, 9.17) is 9.47 Å². The first-order chi connectivity index (χ1) is 13.6. The molecule has 2 aliphatic rings. The Morgan fingerprint density at radius 3 is 2.54 bits per heavy atom. The van der Waals surface area contributed by atoms with Gasteiger partial charge in [0.25, 0.3) is 5.88 Å². The molecule has 0 saturated carbocycles. The minimum absolute atomic E-state index is 0.133. The van der Waals surface area contributed by atoms with Crippen LogP contribution in [0.2, 0.25) is 0 Å². The monoisotopic (exact) mass is 384 g/mol. The standard InChI is InChI=1S/C19H24N6O3/c1-13(16-3-4-17-18(23-16)28-10-9-27-17)24-5-7-25(8-6-24)19-20-11-15(12-21-19)22-14(2)26/h3-4,11-13H,5-10H2,1-2H3,(H,22,26)/t13-/m0/s1. The molecule has 9 heteroatoms. The van der Waals surface area contributed by atoms with Crippen molar-refractivity contribution in [1.29, 1.82) is 0 Å². The summed E-state index contributed by atoms with van der Waals surface area (Å²) in [5, 5.41) is 2.68. The molecule has 2 aromatic rings. The Hall–Kier alpha value is -2.94. The van der Waals surface area contributed by atoms with Crippen molar-refractivity contribution in [2.45, 2.75) is 19.9 Å². The van der Waals surface area contributed by atoms with Crippen molar-refractivity contribution in [2.75, 3.05) is 49.6 Å². The van der Waals surface area contributed by atoms with Crippen molar-refractivity contribution in [3.05, 3.63) is 30.2 Å². The number of fused-ring (bicyclic) bond motifs is 1. The second kappa shape index (κ2) is 7.97. The van der Waals surface area contributed by atoms with E-state index in [1.54, 1.807) is 12.4 Å². The fourth-order valence-electron chi connectivity index (χ4n) is 3.43. The number of nitrogens with one attached hydrogen (secondary N) is 1. The van der Waals surface area contributed by atoms with Crippen LogP contribution in [-0.4, -0.2) is 65.2 Å². The number of nitrogens with zero attached hydrogens (tertiary/aromatic N) is 5. The van der Waals surface area contributed by atoms with Crippen LogP contribution in [0.15, 0.2) is 24.5 Å². The Labute approximate surface area is 163 Å². The van der Waals surface area contributed by atoms with Crippen molar-refractivity contribution in [2.24, 2.45) is 0 Å². The number of piperazine rings is 1. The number of carbonyl (C=O) groups excluding carboxylic acids is 1. The predicted octanol–water partition coefficient (Wildman–Crippen LogP) is 1.48. The zero-order chi connectivity index (χ0) is 19.5. The highest BCUT2D eigenvalue weighted by Gasteiger charge is 2.25. The van der Waals surface area contributed by atoms with Gasteiger partial charge in [-0.05, 0) is 19.1 Å². The van der Waals surface area contributed by atoms with E-state index < -0.39 is 0 Å². The largest absolute Gasteiger partial charge is 0.484 e. The molecule has 4 rings (SSSR count). The molecule has 0 radical (unpaired) electrons. The third kappa shape index (κ3) is 3.99. The lowest BCUT2D eigenvalue weighted by Crippen LogP contribution is -2.47. The quantitative estimate of drug-likeness (QED) is 0.848. The summed E-state index contributed by atoms with van der Waals surface area (Å²) in [5.41, 5.74) is 1.59. The summed E-state index contributed by atoms with van der Waals surface area (Å²) in [6, 6.07) is 4.13. The molecule has 2 aromatic heterocycles. The van der Waals surface area contributed by atoms with E-state index >= 15 is 0 Å². The highest BCUT2D eigenvalue weighted by molar-refractivity contribution is 5.88. The van der Waals surface area contributed by atoms with Crippen molar-refractivity contribution in [1.82, 2.24) is 19.9 Å². The van der Waals surface area contributed by atoms with Crippen LogP contribution in [0.3, 0.4) is 0 Å². The van der Waals surface area contributed by atoms with E-state index in [1.807, 2.05) is 12.1 Å². The van der Waals surface area contributed by atoms with Crippen LogP contribution in [0.1, 0.15) is 25.6 Å². The fourth-order valence-corrected chi connectivity index (χ4v) is 3.43. The Kier molecular flexibility index (Phi) is 5.25. The summed E-state index contributed by atoms with van der Waals surface area (Å²) >= 11 is 0. The van der Waals surface area contributed by atoms with Crippen LogP contribution in [0.25, 0.3) is 0 Å². The zero-order valence-electron chi connectivity index (χ0n) is 16.1. The number of hydrogen-bond donors (Lipinski definition) is 1. The number of carbonyl (C=O) groups is 1. The van der Waals surface area contributed by atoms with Gasteiger partial charge in [-0.15, -0.1) is 0 Å². The third-order valence-electron chi connectivity index (χ3n) is 4.96. The molecule has 1 amide bonds. The third-order valence-corrected chi connectivity index (χ3v) is 4.96. The molecule has 4 heterocycles. The second-order valence-corrected chi connectivity index (χ2v) is 6.89. The van der Waals surface area contributed by atoms with Crippen molar-refractivity contribution in [3.8, 4) is 11.6 Å². The lowest BCUT2D eigenvalue weighted by Gasteiger charge is -2.38. The van der Waals surface area contributed by atoms with Gasteiger partial charge in [-0.3, -0.25) is 9.69 Å². The fraction of sp³-hybridized carbons (Fsp3) is 0.474. The summed E-state index contributed by atoms with van der Waals surface area (Å²) in [5.74, 6) is 1.85. The number of anilines is 2. The summed E-state index contributed by atoms with van der Waals surface area (Å²) < 4.78 is 11.2. The first-order valence-corrected chi connectivity index (χ1v) is 9.45. The maximum atomic E-state index is 11.1. The van der Waals surface area contributed by atoms with Crippen LogP contribution < -0.4 is 19.7 Å². The molecule has 28 heavy (non-hydrogen) atoms. The number of ether oxygens (including phenoxy) is 2. The van der Waals surface area contributed by atoms with E-state index in [9.17, 15) is 4.79 Å². The molecule has 1 N–H and O–H groups in total. The molecule has 0 aliphatic carbocycles. The SMILES string of the molecule is CC(=O)Nc1cnc(N2CCN([C@@H](C)c3ccc4c(n3)OCCO4)CC2)nc1. The Bertz CT molecular complexity index is 836. The number of aromatic nitrogens is 3. The normalized spacial score (nSPS) is 17.9. The summed E-state index contributed by atoms with van der Waals surface area (Å²) in [6.07, 6.45) is 3.27. The van der Waals surface area contributed by atoms with Crippen molar-refractivity contribution >= 4 is 17.5 Å². The van der Waals surface area contributed by atoms with E-state index in [0.29, 0.717) is 36.5 Å². The van der Waals surface area contributed by atoms with E-state index in [-0.39, 0.29) is 11.9 Å². The Balaban J connectivity index is 1.36. The highest BCUT2D eigenvalue weighted by Crippen LogP contribution is 2.31. The highest BCUT2D eigenvalue weighted by atomic mass is 16.6. The van der Waals surface area contributed by atoms with Crippen LogP contribution in [0.4, 0.5) is 11.6 Å². The molecule has 2 aliphatic heterocycles. The number of pyridine rings is 1. The molecule has 9 nitrogen and oxygen atoms in total. The van der Waals surface area contributed by atoms with Gasteiger partial charge in [0, 0.05) is 39.1 Å². The molecule has 0 aromatic carbocycles. The van der Waals surface area contributed by atoms with Gasteiger partial charge in [-0.2, -0.15) is 0 Å². The van der Waals surface area contributed by atoms with Gasteiger partial charge in [-0.25, -0.2) is 15.0 Å². The lowest BCUT2D eigenvalue weighted by molar-refractivity contribution is -0.114. The van der Waals surface area contributed by atoms with Gasteiger partial charge >= 0.3 is 0 Å². The molecular weight excluding hydrogens is 360 g/mol.